The Morgan fingerprint density at radius 3 is 3.00 bits per heavy atom. The Balaban J connectivity index is 2.80. The molecule has 0 heterocycles. The van der Waals surface area contributed by atoms with Crippen LogP contribution < -0.4 is 5.73 Å². The molecule has 0 rings (SSSR count). The Bertz CT molecular complexity index is 67.1. The number of hydrogen-bond donors (Lipinski definition) is 1. The van der Waals surface area contributed by atoms with Crippen molar-refractivity contribution in [2.45, 2.75) is 6.42 Å². The van der Waals surface area contributed by atoms with Crippen molar-refractivity contribution < 1.29 is 4.65 Å². The highest BCUT2D eigenvalue weighted by Crippen LogP contribution is 1.73. The summed E-state index contributed by atoms with van der Waals surface area (Å²) in [5.74, 6) is 0. The normalized spacial score (nSPS) is 10.1. The van der Waals surface area contributed by atoms with Crippen molar-refractivity contribution in [3.8, 4) is 0 Å². The van der Waals surface area contributed by atoms with E-state index in [0.717, 1.165) is 6.42 Å². The number of aliphatic imine (C=N–C) groups is 1. The van der Waals surface area contributed by atoms with E-state index in [1.807, 2.05) is 0 Å². The molecule has 4 heteroatoms. The smallest absolute Gasteiger partial charge is 0.375 e. The van der Waals surface area contributed by atoms with Crippen LogP contribution in [0.2, 0.25) is 0 Å². The number of nitrogens with zero attached hydrogens (tertiary/aromatic N) is 1. The van der Waals surface area contributed by atoms with Crippen molar-refractivity contribution in [2.75, 3.05) is 13.1 Å². The number of rotatable bonds is 4. The maximum atomic E-state index is 5.16. The third-order valence-corrected chi connectivity index (χ3v) is 0.627. The second kappa shape index (κ2) is 6.49. The third kappa shape index (κ3) is 5.49. The fourth-order valence-electron chi connectivity index (χ4n) is 0.278. The fourth-order valence-corrected chi connectivity index (χ4v) is 0.278. The van der Waals surface area contributed by atoms with E-state index < -0.39 is 0 Å². The third-order valence-electron chi connectivity index (χ3n) is 0.627. The van der Waals surface area contributed by atoms with Crippen molar-refractivity contribution in [3.05, 3.63) is 0 Å². The van der Waals surface area contributed by atoms with Gasteiger partial charge in [-0.2, -0.15) is 0 Å². The van der Waals surface area contributed by atoms with E-state index in [-0.39, 0.29) is 0 Å². The van der Waals surface area contributed by atoms with Gasteiger partial charge in [-0.3, -0.25) is 4.99 Å². The Labute approximate surface area is 50.4 Å². The zero-order valence-electron chi connectivity index (χ0n) is 4.71. The first-order valence-electron chi connectivity index (χ1n) is 2.45. The molecule has 0 aliphatic carbocycles. The van der Waals surface area contributed by atoms with Gasteiger partial charge < -0.3 is 10.4 Å². The van der Waals surface area contributed by atoms with Gasteiger partial charge in [0.25, 0.3) is 0 Å². The van der Waals surface area contributed by atoms with Gasteiger partial charge in [0, 0.05) is 6.54 Å². The highest BCUT2D eigenvalue weighted by atomic mass is 16.4. The molecule has 0 atom stereocenters. The van der Waals surface area contributed by atoms with Crippen molar-refractivity contribution in [1.82, 2.24) is 0 Å². The van der Waals surface area contributed by atoms with E-state index in [4.69, 9.17) is 5.73 Å². The summed E-state index contributed by atoms with van der Waals surface area (Å²) in [4.78, 5) is 3.73. The van der Waals surface area contributed by atoms with Crippen LogP contribution in [0.5, 0.6) is 0 Å². The summed E-state index contributed by atoms with van der Waals surface area (Å²) >= 11 is 0. The molecule has 0 fully saturated rings. The molecule has 0 unspecified atom stereocenters. The highest BCUT2D eigenvalue weighted by molar-refractivity contribution is 6.02. The zero-order chi connectivity index (χ0) is 6.24. The highest BCUT2D eigenvalue weighted by Gasteiger charge is 1.75. The second-order valence-corrected chi connectivity index (χ2v) is 1.29. The van der Waals surface area contributed by atoms with E-state index in [9.17, 15) is 0 Å². The minimum absolute atomic E-state index is 0.655. The molecule has 0 aliphatic heterocycles. The molecule has 44 valence electrons. The molecular weight excluding hydrogens is 103 g/mol. The average Bonchev–Trinajstić information content (AvgIpc) is 1.81. The van der Waals surface area contributed by atoms with Crippen LogP contribution in [0.3, 0.4) is 0 Å². The van der Waals surface area contributed by atoms with Crippen LogP contribution in [0.1, 0.15) is 6.42 Å². The molecule has 0 amide bonds. The first kappa shape index (κ1) is 7.49. The SMILES string of the molecule is [B]OC=NCCCN. The minimum atomic E-state index is 0.655. The standard InChI is InChI=1S/C4H9BN2O/c5-8-4-7-3-1-2-6/h4H,1-3,6H2. The van der Waals surface area contributed by atoms with Crippen LogP contribution in [-0.4, -0.2) is 27.5 Å². The molecule has 0 spiro atoms. The summed E-state index contributed by atoms with van der Waals surface area (Å²) in [5.41, 5.74) is 5.16. The monoisotopic (exact) mass is 112 g/mol. The van der Waals surface area contributed by atoms with Gasteiger partial charge in [-0.25, -0.2) is 0 Å². The van der Waals surface area contributed by atoms with E-state index in [0.29, 0.717) is 13.1 Å². The van der Waals surface area contributed by atoms with Gasteiger partial charge in [0.1, 0.15) is 6.40 Å². The predicted molar refractivity (Wildman–Crippen MR) is 33.9 cm³/mol. The van der Waals surface area contributed by atoms with Gasteiger partial charge in [-0.15, -0.1) is 0 Å². The Kier molecular flexibility index (Phi) is 6.08. The molecule has 0 saturated carbocycles. The minimum Gasteiger partial charge on any atom is -0.560 e. The molecule has 8 heavy (non-hydrogen) atoms. The van der Waals surface area contributed by atoms with Crippen LogP contribution in [-0.2, 0) is 4.65 Å². The molecule has 0 saturated heterocycles. The van der Waals surface area contributed by atoms with E-state index in [1.54, 1.807) is 0 Å². The molecule has 2 radical (unpaired) electrons. The van der Waals surface area contributed by atoms with Crippen LogP contribution in [0.15, 0.2) is 4.99 Å². The van der Waals surface area contributed by atoms with Gasteiger partial charge in [0.05, 0.1) is 0 Å². The largest absolute Gasteiger partial charge is 0.560 e. The Morgan fingerprint density at radius 1 is 1.75 bits per heavy atom. The number of hydrogen-bond acceptors (Lipinski definition) is 3. The second-order valence-electron chi connectivity index (χ2n) is 1.29. The average molecular weight is 112 g/mol. The van der Waals surface area contributed by atoms with Crippen molar-refractivity contribution >= 4 is 14.4 Å². The Morgan fingerprint density at radius 2 is 2.50 bits per heavy atom. The van der Waals surface area contributed by atoms with Gasteiger partial charge in [0.2, 0.25) is 0 Å². The summed E-state index contributed by atoms with van der Waals surface area (Å²) in [6, 6.07) is 0. The van der Waals surface area contributed by atoms with Crippen LogP contribution in [0.4, 0.5) is 0 Å². The van der Waals surface area contributed by atoms with Gasteiger partial charge >= 0.3 is 8.05 Å². The van der Waals surface area contributed by atoms with Gasteiger partial charge in [0.15, 0.2) is 0 Å². The molecular formula is C4H9BN2O. The lowest BCUT2D eigenvalue weighted by molar-refractivity contribution is 0.633. The lowest BCUT2D eigenvalue weighted by Crippen LogP contribution is -2.00. The first-order valence-corrected chi connectivity index (χ1v) is 2.45. The van der Waals surface area contributed by atoms with E-state index >= 15 is 0 Å². The molecule has 2 N–H and O–H groups in total. The first-order chi connectivity index (χ1) is 3.91. The Hall–Kier alpha value is -0.505. The lowest BCUT2D eigenvalue weighted by Gasteiger charge is -1.88. The molecule has 0 aromatic carbocycles. The fraction of sp³-hybridized carbons (Fsp3) is 0.750. The lowest BCUT2D eigenvalue weighted by atomic mass is 10.4. The molecule has 3 nitrogen and oxygen atoms in total. The van der Waals surface area contributed by atoms with Crippen LogP contribution in [0, 0.1) is 0 Å². The summed E-state index contributed by atoms with van der Waals surface area (Å²) < 4.78 is 4.06. The maximum Gasteiger partial charge on any atom is 0.375 e. The number of nitrogens with two attached hydrogens (primary N) is 1. The van der Waals surface area contributed by atoms with E-state index in [1.165, 1.54) is 6.40 Å². The quantitative estimate of drug-likeness (QED) is 0.230. The summed E-state index contributed by atoms with van der Waals surface area (Å²) in [7, 11) is 4.63. The predicted octanol–water partition coefficient (Wildman–Crippen LogP) is -0.536. The van der Waals surface area contributed by atoms with Crippen molar-refractivity contribution in [2.24, 2.45) is 10.7 Å². The topological polar surface area (TPSA) is 47.6 Å². The molecule has 0 bridgehead atoms. The van der Waals surface area contributed by atoms with E-state index in [2.05, 4.69) is 17.7 Å². The van der Waals surface area contributed by atoms with Gasteiger partial charge in [-0.1, -0.05) is 0 Å². The van der Waals surface area contributed by atoms with Gasteiger partial charge in [-0.05, 0) is 13.0 Å². The summed E-state index contributed by atoms with van der Waals surface area (Å²) in [5, 5.41) is 0. The maximum absolute atomic E-state index is 5.16. The summed E-state index contributed by atoms with van der Waals surface area (Å²) in [6.07, 6.45) is 2.08. The zero-order valence-corrected chi connectivity index (χ0v) is 4.71. The van der Waals surface area contributed by atoms with Crippen molar-refractivity contribution in [3.63, 3.8) is 0 Å². The van der Waals surface area contributed by atoms with Crippen LogP contribution >= 0.6 is 0 Å². The molecule has 0 aromatic rings. The van der Waals surface area contributed by atoms with Crippen LogP contribution in [0.25, 0.3) is 0 Å². The molecule has 0 aliphatic rings. The molecule has 0 aromatic heterocycles. The summed E-state index contributed by atoms with van der Waals surface area (Å²) in [6.45, 7) is 1.34. The van der Waals surface area contributed by atoms with Crippen molar-refractivity contribution in [1.29, 1.82) is 0 Å².